The summed E-state index contributed by atoms with van der Waals surface area (Å²) in [6.07, 6.45) is 3.55. The summed E-state index contributed by atoms with van der Waals surface area (Å²) in [5.74, 6) is 0. The molecule has 0 atom stereocenters. The van der Waals surface area contributed by atoms with Crippen LogP contribution in [0.3, 0.4) is 0 Å². The molecule has 0 aliphatic rings. The number of nitrogens with one attached hydrogen (secondary N) is 1. The molecular formula is C9H11ClN2. The fourth-order valence-corrected chi connectivity index (χ4v) is 0.930. The minimum Gasteiger partial charge on any atom is -0.380 e. The number of nitrogens with zero attached hydrogens (tertiary/aromatic N) is 1. The third kappa shape index (κ3) is 2.55. The van der Waals surface area contributed by atoms with Gasteiger partial charge in [-0.2, -0.15) is 0 Å². The molecule has 0 amide bonds. The molecule has 3 heteroatoms. The van der Waals surface area contributed by atoms with Crippen LogP contribution in [0.2, 0.25) is 0 Å². The van der Waals surface area contributed by atoms with Crippen molar-refractivity contribution < 1.29 is 0 Å². The van der Waals surface area contributed by atoms with E-state index >= 15 is 0 Å². The summed E-state index contributed by atoms with van der Waals surface area (Å²) in [5.41, 5.74) is 2.15. The summed E-state index contributed by atoms with van der Waals surface area (Å²) in [6, 6.07) is 1.91. The Balaban J connectivity index is 2.63. The van der Waals surface area contributed by atoms with E-state index in [1.54, 1.807) is 12.4 Å². The lowest BCUT2D eigenvalue weighted by atomic mass is 10.2. The van der Waals surface area contributed by atoms with E-state index in [9.17, 15) is 0 Å². The first-order valence-electron chi connectivity index (χ1n) is 3.68. The van der Waals surface area contributed by atoms with Gasteiger partial charge < -0.3 is 5.32 Å². The molecule has 0 aliphatic carbocycles. The molecule has 64 valence electrons. The highest BCUT2D eigenvalue weighted by atomic mass is 35.5. The molecule has 0 aliphatic heterocycles. The molecule has 1 N–H and O–H groups in total. The van der Waals surface area contributed by atoms with Crippen LogP contribution in [0, 0.1) is 6.92 Å². The maximum atomic E-state index is 5.61. The van der Waals surface area contributed by atoms with Gasteiger partial charge >= 0.3 is 0 Å². The van der Waals surface area contributed by atoms with E-state index in [-0.39, 0.29) is 0 Å². The molecular weight excluding hydrogens is 172 g/mol. The van der Waals surface area contributed by atoms with Crippen molar-refractivity contribution in [2.24, 2.45) is 0 Å². The van der Waals surface area contributed by atoms with Crippen LogP contribution in [0.15, 0.2) is 30.1 Å². The second kappa shape index (κ2) is 4.12. The second-order valence-corrected chi connectivity index (χ2v) is 3.10. The molecule has 0 saturated heterocycles. The lowest BCUT2D eigenvalue weighted by Crippen LogP contribution is -2.02. The Morgan fingerprint density at radius 1 is 1.75 bits per heavy atom. The highest BCUT2D eigenvalue weighted by Crippen LogP contribution is 2.12. The number of rotatable bonds is 3. The van der Waals surface area contributed by atoms with Crippen molar-refractivity contribution in [2.45, 2.75) is 6.92 Å². The molecule has 0 radical (unpaired) electrons. The highest BCUT2D eigenvalue weighted by molar-refractivity contribution is 6.29. The summed E-state index contributed by atoms with van der Waals surface area (Å²) in [4.78, 5) is 3.98. The third-order valence-electron chi connectivity index (χ3n) is 1.49. The Morgan fingerprint density at radius 2 is 2.50 bits per heavy atom. The van der Waals surface area contributed by atoms with Crippen molar-refractivity contribution in [2.75, 3.05) is 11.9 Å². The number of halogens is 1. The first-order chi connectivity index (χ1) is 5.70. The average Bonchev–Trinajstić information content (AvgIpc) is 2.03. The van der Waals surface area contributed by atoms with E-state index in [2.05, 4.69) is 16.9 Å². The van der Waals surface area contributed by atoms with E-state index < -0.39 is 0 Å². The second-order valence-electron chi connectivity index (χ2n) is 2.56. The van der Waals surface area contributed by atoms with E-state index in [4.69, 9.17) is 11.6 Å². The standard InChI is InChI=1S/C9H11ClN2/c1-7-5-11-4-3-9(7)12-6-8(2)10/h3-5H,2,6H2,1H3,(H,11,12). The number of anilines is 1. The van der Waals surface area contributed by atoms with Crippen LogP contribution in [0.25, 0.3) is 0 Å². The van der Waals surface area contributed by atoms with E-state index in [0.717, 1.165) is 11.3 Å². The summed E-state index contributed by atoms with van der Waals surface area (Å²) < 4.78 is 0. The van der Waals surface area contributed by atoms with Gasteiger partial charge in [0, 0.05) is 23.1 Å². The molecule has 1 aromatic rings. The summed E-state index contributed by atoms with van der Waals surface area (Å²) in [5, 5.41) is 3.74. The summed E-state index contributed by atoms with van der Waals surface area (Å²) >= 11 is 5.61. The van der Waals surface area contributed by atoms with Crippen molar-refractivity contribution in [1.82, 2.24) is 4.98 Å². The average molecular weight is 183 g/mol. The SMILES string of the molecule is C=C(Cl)CNc1ccncc1C. The lowest BCUT2D eigenvalue weighted by Gasteiger charge is -2.06. The van der Waals surface area contributed by atoms with Crippen molar-refractivity contribution in [3.05, 3.63) is 35.6 Å². The monoisotopic (exact) mass is 182 g/mol. The van der Waals surface area contributed by atoms with Crippen LogP contribution in [-0.4, -0.2) is 11.5 Å². The lowest BCUT2D eigenvalue weighted by molar-refractivity contribution is 1.22. The van der Waals surface area contributed by atoms with Crippen LogP contribution in [-0.2, 0) is 0 Å². The van der Waals surface area contributed by atoms with E-state index in [1.807, 2.05) is 13.0 Å². The van der Waals surface area contributed by atoms with Crippen LogP contribution in [0.4, 0.5) is 5.69 Å². The molecule has 2 nitrogen and oxygen atoms in total. The minimum atomic E-state index is 0.590. The van der Waals surface area contributed by atoms with Crippen molar-refractivity contribution in [3.63, 3.8) is 0 Å². The first kappa shape index (κ1) is 9.07. The molecule has 1 heterocycles. The van der Waals surface area contributed by atoms with Gasteiger partial charge in [0.2, 0.25) is 0 Å². The van der Waals surface area contributed by atoms with Crippen LogP contribution in [0.1, 0.15) is 5.56 Å². The Kier molecular flexibility index (Phi) is 3.11. The molecule has 0 saturated carbocycles. The van der Waals surface area contributed by atoms with Crippen molar-refractivity contribution in [3.8, 4) is 0 Å². The van der Waals surface area contributed by atoms with Crippen LogP contribution >= 0.6 is 11.6 Å². The predicted molar refractivity (Wildman–Crippen MR) is 52.5 cm³/mol. The maximum Gasteiger partial charge on any atom is 0.0502 e. The fraction of sp³-hybridized carbons (Fsp3) is 0.222. The number of pyridine rings is 1. The largest absolute Gasteiger partial charge is 0.380 e. The van der Waals surface area contributed by atoms with Crippen molar-refractivity contribution in [1.29, 1.82) is 0 Å². The van der Waals surface area contributed by atoms with Gasteiger partial charge in [-0.3, -0.25) is 4.98 Å². The third-order valence-corrected chi connectivity index (χ3v) is 1.62. The Hall–Kier alpha value is -1.02. The zero-order valence-corrected chi connectivity index (χ0v) is 7.73. The van der Waals surface area contributed by atoms with Gasteiger partial charge in [0.25, 0.3) is 0 Å². The summed E-state index contributed by atoms with van der Waals surface area (Å²) in [6.45, 7) is 6.17. The molecule has 0 bridgehead atoms. The molecule has 0 aromatic carbocycles. The van der Waals surface area contributed by atoms with Gasteiger partial charge in [-0.15, -0.1) is 0 Å². The Bertz CT molecular complexity index is 284. The van der Waals surface area contributed by atoms with Gasteiger partial charge in [0.15, 0.2) is 0 Å². The van der Waals surface area contributed by atoms with Gasteiger partial charge in [-0.05, 0) is 18.6 Å². The number of aromatic nitrogens is 1. The number of aryl methyl sites for hydroxylation is 1. The van der Waals surface area contributed by atoms with Gasteiger partial charge in [0.05, 0.1) is 6.54 Å². The Labute approximate surface area is 77.3 Å². The zero-order chi connectivity index (χ0) is 8.97. The zero-order valence-electron chi connectivity index (χ0n) is 6.97. The van der Waals surface area contributed by atoms with E-state index in [1.165, 1.54) is 0 Å². The smallest absolute Gasteiger partial charge is 0.0502 e. The van der Waals surface area contributed by atoms with Gasteiger partial charge in [-0.1, -0.05) is 18.2 Å². The normalized spacial score (nSPS) is 9.50. The Morgan fingerprint density at radius 3 is 3.08 bits per heavy atom. The van der Waals surface area contributed by atoms with Gasteiger partial charge in [0.1, 0.15) is 0 Å². The molecule has 0 unspecified atom stereocenters. The minimum absolute atomic E-state index is 0.590. The molecule has 0 spiro atoms. The van der Waals surface area contributed by atoms with Crippen LogP contribution < -0.4 is 5.32 Å². The molecule has 12 heavy (non-hydrogen) atoms. The fourth-order valence-electron chi connectivity index (χ4n) is 0.863. The molecule has 0 fully saturated rings. The first-order valence-corrected chi connectivity index (χ1v) is 4.05. The number of hydrogen-bond donors (Lipinski definition) is 1. The summed E-state index contributed by atoms with van der Waals surface area (Å²) in [7, 11) is 0. The van der Waals surface area contributed by atoms with Gasteiger partial charge in [-0.25, -0.2) is 0 Å². The number of hydrogen-bond acceptors (Lipinski definition) is 2. The maximum absolute atomic E-state index is 5.61. The molecule has 1 rings (SSSR count). The topological polar surface area (TPSA) is 24.9 Å². The van der Waals surface area contributed by atoms with Crippen molar-refractivity contribution >= 4 is 17.3 Å². The van der Waals surface area contributed by atoms with E-state index in [0.29, 0.717) is 11.6 Å². The predicted octanol–water partition coefficient (Wildman–Crippen LogP) is 2.55. The highest BCUT2D eigenvalue weighted by Gasteiger charge is 1.95. The molecule has 1 aromatic heterocycles. The quantitative estimate of drug-likeness (QED) is 0.777. The van der Waals surface area contributed by atoms with Crippen LogP contribution in [0.5, 0.6) is 0 Å².